The van der Waals surface area contributed by atoms with Crippen molar-refractivity contribution < 1.29 is 14.6 Å². The standard InChI is InChI=1S/C13H14N4O3/c1-2-20-12-7-9(3-4-11(12)18)8-15-17-13(19)10-5-6-14-16-10/h3-8,18H,2H2,1H3,(H,14,16)(H,17,19). The number of nitrogens with one attached hydrogen (secondary N) is 2. The second kappa shape index (κ2) is 6.37. The number of amides is 1. The summed E-state index contributed by atoms with van der Waals surface area (Å²) < 4.78 is 5.25. The molecule has 0 aliphatic rings. The summed E-state index contributed by atoms with van der Waals surface area (Å²) in [4.78, 5) is 11.6. The molecule has 0 unspecified atom stereocenters. The predicted octanol–water partition coefficient (Wildman–Crippen LogP) is 1.28. The minimum Gasteiger partial charge on any atom is -0.504 e. The highest BCUT2D eigenvalue weighted by molar-refractivity contribution is 5.93. The topological polar surface area (TPSA) is 99.6 Å². The second-order valence-electron chi connectivity index (χ2n) is 3.83. The lowest BCUT2D eigenvalue weighted by Gasteiger charge is -2.05. The Bertz CT molecular complexity index is 608. The van der Waals surface area contributed by atoms with Gasteiger partial charge in [0.15, 0.2) is 11.5 Å². The first-order valence-electron chi connectivity index (χ1n) is 5.99. The van der Waals surface area contributed by atoms with Gasteiger partial charge >= 0.3 is 0 Å². The van der Waals surface area contributed by atoms with Gasteiger partial charge < -0.3 is 9.84 Å². The third kappa shape index (κ3) is 3.35. The number of benzene rings is 1. The maximum absolute atomic E-state index is 11.6. The number of aromatic amines is 1. The predicted molar refractivity (Wildman–Crippen MR) is 72.9 cm³/mol. The summed E-state index contributed by atoms with van der Waals surface area (Å²) in [6.45, 7) is 2.27. The number of rotatable bonds is 5. The average Bonchev–Trinajstić information content (AvgIpc) is 2.96. The van der Waals surface area contributed by atoms with Crippen molar-refractivity contribution in [2.24, 2.45) is 5.10 Å². The SMILES string of the molecule is CCOc1cc(C=NNC(=O)c2ccn[nH]2)ccc1O. The zero-order chi connectivity index (χ0) is 14.4. The van der Waals surface area contributed by atoms with E-state index in [0.717, 1.165) is 0 Å². The van der Waals surface area contributed by atoms with Gasteiger partial charge in [0, 0.05) is 6.20 Å². The van der Waals surface area contributed by atoms with Crippen LogP contribution < -0.4 is 10.2 Å². The summed E-state index contributed by atoms with van der Waals surface area (Å²) in [7, 11) is 0. The van der Waals surface area contributed by atoms with Crippen LogP contribution in [0.4, 0.5) is 0 Å². The van der Waals surface area contributed by atoms with Crippen molar-refractivity contribution in [2.45, 2.75) is 6.92 Å². The molecule has 0 bridgehead atoms. The fourth-order valence-electron chi connectivity index (χ4n) is 1.49. The molecule has 20 heavy (non-hydrogen) atoms. The Morgan fingerprint density at radius 1 is 1.55 bits per heavy atom. The molecule has 2 aromatic rings. The van der Waals surface area contributed by atoms with Crippen LogP contribution in [-0.2, 0) is 0 Å². The quantitative estimate of drug-likeness (QED) is 0.564. The molecule has 2 rings (SSSR count). The lowest BCUT2D eigenvalue weighted by atomic mass is 10.2. The van der Waals surface area contributed by atoms with E-state index in [1.54, 1.807) is 18.2 Å². The molecular weight excluding hydrogens is 260 g/mol. The molecule has 1 amide bonds. The van der Waals surface area contributed by atoms with Crippen LogP contribution in [0.3, 0.4) is 0 Å². The third-order valence-corrected chi connectivity index (χ3v) is 2.41. The number of aromatic nitrogens is 2. The van der Waals surface area contributed by atoms with E-state index in [4.69, 9.17) is 4.74 Å². The molecule has 0 atom stereocenters. The number of carbonyl (C=O) groups excluding carboxylic acids is 1. The lowest BCUT2D eigenvalue weighted by Crippen LogP contribution is -2.17. The van der Waals surface area contributed by atoms with Crippen LogP contribution in [0.15, 0.2) is 35.6 Å². The van der Waals surface area contributed by atoms with Gasteiger partial charge in [-0.2, -0.15) is 10.2 Å². The Morgan fingerprint density at radius 2 is 2.40 bits per heavy atom. The molecule has 3 N–H and O–H groups in total. The van der Waals surface area contributed by atoms with E-state index >= 15 is 0 Å². The van der Waals surface area contributed by atoms with E-state index in [1.165, 1.54) is 18.5 Å². The van der Waals surface area contributed by atoms with E-state index in [2.05, 4.69) is 20.7 Å². The number of ether oxygens (including phenoxy) is 1. The number of hydrogen-bond acceptors (Lipinski definition) is 5. The number of hydrogen-bond donors (Lipinski definition) is 3. The van der Waals surface area contributed by atoms with Crippen LogP contribution in [0.5, 0.6) is 11.5 Å². The van der Waals surface area contributed by atoms with Crippen LogP contribution in [0, 0.1) is 0 Å². The summed E-state index contributed by atoms with van der Waals surface area (Å²) in [6, 6.07) is 6.33. The molecule has 0 fully saturated rings. The van der Waals surface area contributed by atoms with Crippen LogP contribution in [0.25, 0.3) is 0 Å². The summed E-state index contributed by atoms with van der Waals surface area (Å²) in [5, 5.41) is 19.6. The summed E-state index contributed by atoms with van der Waals surface area (Å²) in [5.74, 6) is 0.0457. The third-order valence-electron chi connectivity index (χ3n) is 2.41. The number of phenolic OH excluding ortho intramolecular Hbond substituents is 1. The molecular formula is C13H14N4O3. The Balaban J connectivity index is 2.01. The van der Waals surface area contributed by atoms with Crippen molar-refractivity contribution >= 4 is 12.1 Å². The zero-order valence-electron chi connectivity index (χ0n) is 10.8. The Morgan fingerprint density at radius 3 is 3.10 bits per heavy atom. The maximum Gasteiger partial charge on any atom is 0.289 e. The van der Waals surface area contributed by atoms with E-state index in [9.17, 15) is 9.90 Å². The fraction of sp³-hybridized carbons (Fsp3) is 0.154. The first-order chi connectivity index (χ1) is 9.70. The van der Waals surface area contributed by atoms with Gasteiger partial charge in [-0.25, -0.2) is 5.43 Å². The molecule has 1 aromatic heterocycles. The van der Waals surface area contributed by atoms with Crippen LogP contribution in [-0.4, -0.2) is 34.0 Å². The number of aromatic hydroxyl groups is 1. The second-order valence-corrected chi connectivity index (χ2v) is 3.83. The fourth-order valence-corrected chi connectivity index (χ4v) is 1.49. The molecule has 0 radical (unpaired) electrons. The first kappa shape index (κ1) is 13.6. The van der Waals surface area contributed by atoms with E-state index in [-0.39, 0.29) is 11.7 Å². The van der Waals surface area contributed by atoms with Crippen molar-refractivity contribution in [2.75, 3.05) is 6.61 Å². The van der Waals surface area contributed by atoms with Gasteiger partial charge in [0.25, 0.3) is 5.91 Å². The van der Waals surface area contributed by atoms with E-state index in [1.807, 2.05) is 6.92 Å². The normalized spacial score (nSPS) is 10.7. The van der Waals surface area contributed by atoms with Gasteiger partial charge in [-0.05, 0) is 36.8 Å². The van der Waals surface area contributed by atoms with Gasteiger partial charge in [-0.1, -0.05) is 0 Å². The van der Waals surface area contributed by atoms with Crippen molar-refractivity contribution in [3.8, 4) is 11.5 Å². The van der Waals surface area contributed by atoms with Gasteiger partial charge in [0.2, 0.25) is 0 Å². The Labute approximate surface area is 115 Å². The number of nitrogens with zero attached hydrogens (tertiary/aromatic N) is 2. The minimum atomic E-state index is -0.387. The van der Waals surface area contributed by atoms with E-state index < -0.39 is 0 Å². The highest BCUT2D eigenvalue weighted by Gasteiger charge is 2.05. The molecule has 1 heterocycles. The molecule has 7 nitrogen and oxygen atoms in total. The highest BCUT2D eigenvalue weighted by atomic mass is 16.5. The lowest BCUT2D eigenvalue weighted by molar-refractivity contribution is 0.0950. The summed E-state index contributed by atoms with van der Waals surface area (Å²) in [5.41, 5.74) is 3.37. The van der Waals surface area contributed by atoms with Crippen molar-refractivity contribution in [1.82, 2.24) is 15.6 Å². The molecule has 0 saturated carbocycles. The largest absolute Gasteiger partial charge is 0.504 e. The number of phenols is 1. The molecule has 1 aromatic carbocycles. The average molecular weight is 274 g/mol. The molecule has 104 valence electrons. The Kier molecular flexibility index (Phi) is 4.33. The smallest absolute Gasteiger partial charge is 0.289 e. The van der Waals surface area contributed by atoms with Gasteiger partial charge in [-0.15, -0.1) is 0 Å². The van der Waals surface area contributed by atoms with E-state index in [0.29, 0.717) is 23.6 Å². The summed E-state index contributed by atoms with van der Waals surface area (Å²) in [6.07, 6.45) is 2.93. The van der Waals surface area contributed by atoms with Gasteiger partial charge in [-0.3, -0.25) is 9.89 Å². The summed E-state index contributed by atoms with van der Waals surface area (Å²) >= 11 is 0. The highest BCUT2D eigenvalue weighted by Crippen LogP contribution is 2.26. The van der Waals surface area contributed by atoms with Crippen molar-refractivity contribution in [3.05, 3.63) is 41.7 Å². The van der Waals surface area contributed by atoms with Gasteiger partial charge in [0.1, 0.15) is 5.69 Å². The molecule has 0 spiro atoms. The zero-order valence-corrected chi connectivity index (χ0v) is 10.8. The molecule has 7 heteroatoms. The monoisotopic (exact) mass is 274 g/mol. The maximum atomic E-state index is 11.6. The number of carbonyl (C=O) groups is 1. The Hall–Kier alpha value is -2.83. The molecule has 0 saturated heterocycles. The molecule has 0 aliphatic heterocycles. The van der Waals surface area contributed by atoms with Crippen LogP contribution >= 0.6 is 0 Å². The van der Waals surface area contributed by atoms with Crippen LogP contribution in [0.1, 0.15) is 23.0 Å². The first-order valence-corrected chi connectivity index (χ1v) is 5.99. The number of H-pyrrole nitrogens is 1. The van der Waals surface area contributed by atoms with Gasteiger partial charge in [0.05, 0.1) is 12.8 Å². The van der Waals surface area contributed by atoms with Crippen LogP contribution in [0.2, 0.25) is 0 Å². The molecule has 0 aliphatic carbocycles. The van der Waals surface area contributed by atoms with Crippen molar-refractivity contribution in [1.29, 1.82) is 0 Å². The van der Waals surface area contributed by atoms with Crippen molar-refractivity contribution in [3.63, 3.8) is 0 Å². The minimum absolute atomic E-state index is 0.0606. The number of hydrazone groups is 1.